The van der Waals surface area contributed by atoms with Gasteiger partial charge in [-0.25, -0.2) is 0 Å². The summed E-state index contributed by atoms with van der Waals surface area (Å²) in [5.74, 6) is 0. The van der Waals surface area contributed by atoms with E-state index in [4.69, 9.17) is 9.47 Å². The van der Waals surface area contributed by atoms with Crippen molar-refractivity contribution < 1.29 is 9.47 Å². The molecule has 0 aliphatic heterocycles. The summed E-state index contributed by atoms with van der Waals surface area (Å²) >= 11 is 0. The zero-order valence-corrected chi connectivity index (χ0v) is 14.0. The highest BCUT2D eigenvalue weighted by atomic mass is 16.5. The largest absolute Gasteiger partial charge is 0.383 e. The van der Waals surface area contributed by atoms with Gasteiger partial charge < -0.3 is 14.8 Å². The molecule has 0 heterocycles. The molecule has 0 bridgehead atoms. The van der Waals surface area contributed by atoms with Crippen LogP contribution in [0, 0.1) is 5.41 Å². The standard InChI is InChI=1S/C15H34N2O2/c1-8-16-14(15(3,4)5)11-17(9-10-18-6)13(2)12-19-7/h13-14,16H,8-12H2,1-7H3. The first-order valence-electron chi connectivity index (χ1n) is 7.32. The Morgan fingerprint density at radius 3 is 2.21 bits per heavy atom. The average Bonchev–Trinajstić information content (AvgIpc) is 2.32. The normalized spacial score (nSPS) is 15.8. The van der Waals surface area contributed by atoms with Gasteiger partial charge in [0.05, 0.1) is 13.2 Å². The monoisotopic (exact) mass is 274 g/mol. The van der Waals surface area contributed by atoms with Crippen molar-refractivity contribution in [3.8, 4) is 0 Å². The number of nitrogens with zero attached hydrogens (tertiary/aromatic N) is 1. The van der Waals surface area contributed by atoms with Crippen molar-refractivity contribution in [2.75, 3.05) is 47.1 Å². The number of rotatable bonds is 10. The molecule has 0 aliphatic rings. The lowest BCUT2D eigenvalue weighted by atomic mass is 9.86. The Morgan fingerprint density at radius 2 is 1.79 bits per heavy atom. The Morgan fingerprint density at radius 1 is 1.16 bits per heavy atom. The van der Waals surface area contributed by atoms with E-state index in [1.165, 1.54) is 0 Å². The molecule has 0 aromatic heterocycles. The van der Waals surface area contributed by atoms with Gasteiger partial charge in [0.25, 0.3) is 0 Å². The second-order valence-corrected chi connectivity index (χ2v) is 6.27. The molecule has 19 heavy (non-hydrogen) atoms. The van der Waals surface area contributed by atoms with Crippen molar-refractivity contribution in [2.45, 2.75) is 46.7 Å². The molecule has 1 N–H and O–H groups in total. The fourth-order valence-corrected chi connectivity index (χ4v) is 2.17. The number of ether oxygens (including phenoxy) is 2. The molecule has 116 valence electrons. The molecule has 4 heteroatoms. The topological polar surface area (TPSA) is 33.7 Å². The Hall–Kier alpha value is -0.160. The summed E-state index contributed by atoms with van der Waals surface area (Å²) in [7, 11) is 3.52. The number of likely N-dealkylation sites (N-methyl/N-ethyl adjacent to an activating group) is 1. The Balaban J connectivity index is 4.64. The minimum absolute atomic E-state index is 0.244. The van der Waals surface area contributed by atoms with Gasteiger partial charge in [0.2, 0.25) is 0 Å². The second kappa shape index (κ2) is 9.70. The molecule has 0 saturated heterocycles. The number of nitrogens with one attached hydrogen (secondary N) is 1. The minimum Gasteiger partial charge on any atom is -0.383 e. The van der Waals surface area contributed by atoms with E-state index in [2.05, 4.69) is 44.8 Å². The van der Waals surface area contributed by atoms with E-state index in [9.17, 15) is 0 Å². The first-order chi connectivity index (χ1) is 8.86. The van der Waals surface area contributed by atoms with Crippen LogP contribution in [0.5, 0.6) is 0 Å². The molecule has 0 rings (SSSR count). The maximum Gasteiger partial charge on any atom is 0.0615 e. The van der Waals surface area contributed by atoms with Gasteiger partial charge in [-0.1, -0.05) is 27.7 Å². The van der Waals surface area contributed by atoms with Gasteiger partial charge in [-0.3, -0.25) is 4.90 Å². The zero-order chi connectivity index (χ0) is 14.9. The Labute approximate surface area is 119 Å². The molecule has 0 aromatic carbocycles. The molecule has 2 atom stereocenters. The molecule has 0 aromatic rings. The average molecular weight is 274 g/mol. The van der Waals surface area contributed by atoms with Crippen LogP contribution in [0.25, 0.3) is 0 Å². The predicted molar refractivity (Wildman–Crippen MR) is 81.7 cm³/mol. The van der Waals surface area contributed by atoms with E-state index < -0.39 is 0 Å². The first kappa shape index (κ1) is 18.8. The van der Waals surface area contributed by atoms with Gasteiger partial charge in [-0.15, -0.1) is 0 Å². The van der Waals surface area contributed by atoms with Crippen molar-refractivity contribution in [2.24, 2.45) is 5.41 Å². The van der Waals surface area contributed by atoms with E-state index in [0.717, 1.165) is 32.8 Å². The van der Waals surface area contributed by atoms with Gasteiger partial charge >= 0.3 is 0 Å². The highest BCUT2D eigenvalue weighted by Crippen LogP contribution is 2.20. The second-order valence-electron chi connectivity index (χ2n) is 6.27. The summed E-state index contributed by atoms with van der Waals surface area (Å²) in [4.78, 5) is 2.45. The van der Waals surface area contributed by atoms with Gasteiger partial charge in [0, 0.05) is 39.4 Å². The third-order valence-electron chi connectivity index (χ3n) is 3.53. The number of hydrogen-bond acceptors (Lipinski definition) is 4. The third kappa shape index (κ3) is 7.88. The van der Waals surface area contributed by atoms with Gasteiger partial charge in [0.15, 0.2) is 0 Å². The zero-order valence-electron chi connectivity index (χ0n) is 14.0. The summed E-state index contributed by atoms with van der Waals surface area (Å²) in [5.41, 5.74) is 0.244. The van der Waals surface area contributed by atoms with Crippen LogP contribution < -0.4 is 5.32 Å². The van der Waals surface area contributed by atoms with Crippen LogP contribution in [0.15, 0.2) is 0 Å². The van der Waals surface area contributed by atoms with Gasteiger partial charge in [-0.2, -0.15) is 0 Å². The maximum atomic E-state index is 5.29. The van der Waals surface area contributed by atoms with Crippen molar-refractivity contribution >= 4 is 0 Å². The molecule has 4 nitrogen and oxygen atoms in total. The molecule has 0 aliphatic carbocycles. The molecule has 0 radical (unpaired) electrons. The smallest absolute Gasteiger partial charge is 0.0615 e. The Kier molecular flexibility index (Phi) is 9.62. The summed E-state index contributed by atoms with van der Waals surface area (Å²) < 4.78 is 10.5. The van der Waals surface area contributed by atoms with E-state index in [0.29, 0.717) is 12.1 Å². The summed E-state index contributed by atoms with van der Waals surface area (Å²) in [6.07, 6.45) is 0. The summed E-state index contributed by atoms with van der Waals surface area (Å²) in [5, 5.41) is 3.60. The molecule has 0 fully saturated rings. The molecule has 0 saturated carbocycles. The van der Waals surface area contributed by atoms with E-state index in [-0.39, 0.29) is 5.41 Å². The summed E-state index contributed by atoms with van der Waals surface area (Å²) in [6, 6.07) is 0.873. The maximum absolute atomic E-state index is 5.29. The van der Waals surface area contributed by atoms with Gasteiger partial charge in [0.1, 0.15) is 0 Å². The molecule has 0 amide bonds. The highest BCUT2D eigenvalue weighted by Gasteiger charge is 2.27. The lowest BCUT2D eigenvalue weighted by Gasteiger charge is -2.38. The fourth-order valence-electron chi connectivity index (χ4n) is 2.17. The van der Waals surface area contributed by atoms with Crippen molar-refractivity contribution in [3.63, 3.8) is 0 Å². The van der Waals surface area contributed by atoms with Crippen LogP contribution >= 0.6 is 0 Å². The van der Waals surface area contributed by atoms with E-state index >= 15 is 0 Å². The number of hydrogen-bond donors (Lipinski definition) is 1. The fraction of sp³-hybridized carbons (Fsp3) is 1.00. The number of methoxy groups -OCH3 is 2. The molecular weight excluding hydrogens is 240 g/mol. The quantitative estimate of drug-likeness (QED) is 0.660. The minimum atomic E-state index is 0.244. The van der Waals surface area contributed by atoms with Crippen molar-refractivity contribution in [1.29, 1.82) is 0 Å². The van der Waals surface area contributed by atoms with Crippen LogP contribution in [0.4, 0.5) is 0 Å². The van der Waals surface area contributed by atoms with Crippen molar-refractivity contribution in [1.82, 2.24) is 10.2 Å². The van der Waals surface area contributed by atoms with Crippen LogP contribution in [0.3, 0.4) is 0 Å². The van der Waals surface area contributed by atoms with Gasteiger partial charge in [-0.05, 0) is 18.9 Å². The van der Waals surface area contributed by atoms with Crippen molar-refractivity contribution in [3.05, 3.63) is 0 Å². The lowest BCUT2D eigenvalue weighted by molar-refractivity contribution is 0.0574. The first-order valence-corrected chi connectivity index (χ1v) is 7.32. The molecular formula is C15H34N2O2. The lowest BCUT2D eigenvalue weighted by Crippen LogP contribution is -2.52. The highest BCUT2D eigenvalue weighted by molar-refractivity contribution is 4.84. The predicted octanol–water partition coefficient (Wildman–Crippen LogP) is 1.99. The van der Waals surface area contributed by atoms with E-state index in [1.807, 2.05) is 0 Å². The molecule has 0 spiro atoms. The SMILES string of the molecule is CCNC(CN(CCOC)C(C)COC)C(C)(C)C. The van der Waals surface area contributed by atoms with Crippen LogP contribution in [-0.2, 0) is 9.47 Å². The van der Waals surface area contributed by atoms with Crippen LogP contribution in [0.1, 0.15) is 34.6 Å². The van der Waals surface area contributed by atoms with E-state index in [1.54, 1.807) is 14.2 Å². The Bertz CT molecular complexity index is 217. The third-order valence-corrected chi connectivity index (χ3v) is 3.53. The molecule has 2 unspecified atom stereocenters. The van der Waals surface area contributed by atoms with Crippen LogP contribution in [0.2, 0.25) is 0 Å². The van der Waals surface area contributed by atoms with Crippen LogP contribution in [-0.4, -0.2) is 64.1 Å². The summed E-state index contributed by atoms with van der Waals surface area (Å²) in [6.45, 7) is 15.7.